The van der Waals surface area contributed by atoms with E-state index in [0.717, 1.165) is 6.42 Å². The van der Waals surface area contributed by atoms with E-state index in [-0.39, 0.29) is 12.2 Å². The molecule has 24 heavy (non-hydrogen) atoms. The number of ether oxygens (including phenoxy) is 2. The molecule has 1 amide bonds. The molecule has 9 heteroatoms. The monoisotopic (exact) mass is 359 g/mol. The van der Waals surface area contributed by atoms with Gasteiger partial charge in [-0.3, -0.25) is 9.35 Å². The summed E-state index contributed by atoms with van der Waals surface area (Å²) < 4.78 is 41.2. The van der Waals surface area contributed by atoms with E-state index in [1.54, 1.807) is 18.2 Å². The molecule has 8 nitrogen and oxygen atoms in total. The summed E-state index contributed by atoms with van der Waals surface area (Å²) in [5.41, 5.74) is 0.149. The Morgan fingerprint density at radius 1 is 1.25 bits per heavy atom. The molecule has 0 spiro atoms. The van der Waals surface area contributed by atoms with E-state index in [9.17, 15) is 18.0 Å². The number of para-hydroxylation sites is 1. The Hall–Kier alpha value is -2.13. The molecule has 0 heterocycles. The molecular weight excluding hydrogens is 338 g/mol. The molecule has 0 radical (unpaired) electrons. The molecule has 2 N–H and O–H groups in total. The van der Waals surface area contributed by atoms with Gasteiger partial charge in [-0.05, 0) is 25.5 Å². The van der Waals surface area contributed by atoms with E-state index in [2.05, 4.69) is 5.32 Å². The summed E-state index contributed by atoms with van der Waals surface area (Å²) in [5.74, 6) is -2.32. The van der Waals surface area contributed by atoms with Crippen LogP contribution in [0.3, 0.4) is 0 Å². The third kappa shape index (κ3) is 6.55. The SMILES string of the molecule is CCCOc1ccccc1C(=O)N[C@@H](CS(=O)(=O)O)C(=O)OCC. The average molecular weight is 359 g/mol. The number of rotatable bonds is 9. The number of benzene rings is 1. The minimum Gasteiger partial charge on any atom is -0.493 e. The van der Waals surface area contributed by atoms with E-state index in [4.69, 9.17) is 14.0 Å². The van der Waals surface area contributed by atoms with Gasteiger partial charge in [0.1, 0.15) is 17.5 Å². The van der Waals surface area contributed by atoms with Crippen molar-refractivity contribution in [3.8, 4) is 5.75 Å². The van der Waals surface area contributed by atoms with Crippen molar-refractivity contribution >= 4 is 22.0 Å². The van der Waals surface area contributed by atoms with Crippen LogP contribution in [0, 0.1) is 0 Å². The summed E-state index contributed by atoms with van der Waals surface area (Å²) in [5, 5.41) is 2.26. The minimum absolute atomic E-state index is 0.00682. The van der Waals surface area contributed by atoms with Gasteiger partial charge in [-0.15, -0.1) is 0 Å². The van der Waals surface area contributed by atoms with Crippen LogP contribution in [0.2, 0.25) is 0 Å². The van der Waals surface area contributed by atoms with Crippen molar-refractivity contribution in [1.82, 2.24) is 5.32 Å². The van der Waals surface area contributed by atoms with Crippen molar-refractivity contribution < 1.29 is 32.0 Å². The minimum atomic E-state index is -4.49. The molecule has 0 bridgehead atoms. The molecule has 0 saturated carbocycles. The Labute approximate surface area is 140 Å². The van der Waals surface area contributed by atoms with Crippen LogP contribution >= 0.6 is 0 Å². The largest absolute Gasteiger partial charge is 0.493 e. The Bertz CT molecular complexity index is 672. The van der Waals surface area contributed by atoms with Gasteiger partial charge in [0.25, 0.3) is 16.0 Å². The van der Waals surface area contributed by atoms with E-state index in [1.165, 1.54) is 13.0 Å². The number of amides is 1. The number of carbonyl (C=O) groups excluding carboxylic acids is 2. The Morgan fingerprint density at radius 3 is 2.50 bits per heavy atom. The molecule has 0 unspecified atom stereocenters. The van der Waals surface area contributed by atoms with Gasteiger partial charge in [0, 0.05) is 0 Å². The Kier molecular flexibility index (Phi) is 7.66. The Morgan fingerprint density at radius 2 is 1.92 bits per heavy atom. The second-order valence-electron chi connectivity index (χ2n) is 4.87. The van der Waals surface area contributed by atoms with Crippen molar-refractivity contribution in [3.05, 3.63) is 29.8 Å². The van der Waals surface area contributed by atoms with Gasteiger partial charge in [-0.2, -0.15) is 8.42 Å². The lowest BCUT2D eigenvalue weighted by Crippen LogP contribution is -2.46. The molecule has 0 aromatic heterocycles. The summed E-state index contributed by atoms with van der Waals surface area (Å²) in [7, 11) is -4.49. The van der Waals surface area contributed by atoms with Crippen LogP contribution in [0.4, 0.5) is 0 Å². The standard InChI is InChI=1S/C15H21NO7S/c1-3-9-23-13-8-6-5-7-11(13)14(17)16-12(10-24(19,20)21)15(18)22-4-2/h5-8,12H,3-4,9-10H2,1-2H3,(H,16,17)(H,19,20,21)/t12-/m0/s1. The van der Waals surface area contributed by atoms with Crippen molar-refractivity contribution in [2.75, 3.05) is 19.0 Å². The molecule has 1 aromatic rings. The van der Waals surface area contributed by atoms with Crippen LogP contribution in [0.5, 0.6) is 5.75 Å². The van der Waals surface area contributed by atoms with E-state index >= 15 is 0 Å². The van der Waals surface area contributed by atoms with Crippen LogP contribution in [-0.2, 0) is 19.6 Å². The van der Waals surface area contributed by atoms with E-state index < -0.39 is 33.8 Å². The topological polar surface area (TPSA) is 119 Å². The van der Waals surface area contributed by atoms with Crippen molar-refractivity contribution in [1.29, 1.82) is 0 Å². The first-order chi connectivity index (χ1) is 11.3. The van der Waals surface area contributed by atoms with Crippen LogP contribution in [0.15, 0.2) is 24.3 Å². The van der Waals surface area contributed by atoms with Crippen molar-refractivity contribution in [2.24, 2.45) is 0 Å². The molecular formula is C15H21NO7S. The predicted molar refractivity (Wildman–Crippen MR) is 86.5 cm³/mol. The first kappa shape index (κ1) is 19.9. The molecule has 0 aliphatic carbocycles. The molecule has 134 valence electrons. The summed E-state index contributed by atoms with van der Waals surface area (Å²) in [6, 6.07) is 4.84. The van der Waals surface area contributed by atoms with Crippen LogP contribution < -0.4 is 10.1 Å². The lowest BCUT2D eigenvalue weighted by molar-refractivity contribution is -0.144. The Balaban J connectivity index is 2.97. The predicted octanol–water partition coefficient (Wildman–Crippen LogP) is 1.02. The number of nitrogens with one attached hydrogen (secondary N) is 1. The molecule has 0 aliphatic heterocycles. The van der Waals surface area contributed by atoms with Gasteiger partial charge in [-0.25, -0.2) is 4.79 Å². The maximum Gasteiger partial charge on any atom is 0.329 e. The lowest BCUT2D eigenvalue weighted by Gasteiger charge is -2.17. The molecule has 1 rings (SSSR count). The fourth-order valence-electron chi connectivity index (χ4n) is 1.85. The zero-order valence-corrected chi connectivity index (χ0v) is 14.3. The molecule has 1 atom stereocenters. The van der Waals surface area contributed by atoms with Crippen LogP contribution in [0.1, 0.15) is 30.6 Å². The summed E-state index contributed by atoms with van der Waals surface area (Å²) in [6.07, 6.45) is 0.740. The van der Waals surface area contributed by atoms with Crippen molar-refractivity contribution in [2.45, 2.75) is 26.3 Å². The first-order valence-corrected chi connectivity index (χ1v) is 9.03. The maximum atomic E-state index is 12.4. The maximum absolute atomic E-state index is 12.4. The number of hydrogen-bond acceptors (Lipinski definition) is 6. The fourth-order valence-corrected chi connectivity index (χ4v) is 2.49. The van der Waals surface area contributed by atoms with E-state index in [1.807, 2.05) is 6.92 Å². The quantitative estimate of drug-likeness (QED) is 0.499. The third-order valence-electron chi connectivity index (χ3n) is 2.85. The zero-order valence-electron chi connectivity index (χ0n) is 13.5. The molecule has 0 saturated heterocycles. The van der Waals surface area contributed by atoms with Crippen LogP contribution in [-0.4, -0.2) is 49.9 Å². The molecule has 0 aliphatic rings. The number of carbonyl (C=O) groups is 2. The van der Waals surface area contributed by atoms with Gasteiger partial charge in [0.05, 0.1) is 18.8 Å². The van der Waals surface area contributed by atoms with Gasteiger partial charge in [0.2, 0.25) is 0 Å². The van der Waals surface area contributed by atoms with Gasteiger partial charge in [-0.1, -0.05) is 19.1 Å². The fraction of sp³-hybridized carbons (Fsp3) is 0.467. The second-order valence-corrected chi connectivity index (χ2v) is 6.37. The van der Waals surface area contributed by atoms with Crippen molar-refractivity contribution in [3.63, 3.8) is 0 Å². The normalized spacial score (nSPS) is 12.3. The van der Waals surface area contributed by atoms with Crippen LogP contribution in [0.25, 0.3) is 0 Å². The summed E-state index contributed by atoms with van der Waals surface area (Å²) >= 11 is 0. The highest BCUT2D eigenvalue weighted by atomic mass is 32.2. The highest BCUT2D eigenvalue weighted by molar-refractivity contribution is 7.85. The summed E-state index contributed by atoms with van der Waals surface area (Å²) in [6.45, 7) is 3.85. The lowest BCUT2D eigenvalue weighted by atomic mass is 10.1. The highest BCUT2D eigenvalue weighted by Gasteiger charge is 2.28. The number of esters is 1. The van der Waals surface area contributed by atoms with Gasteiger partial charge in [0.15, 0.2) is 0 Å². The zero-order chi connectivity index (χ0) is 18.2. The van der Waals surface area contributed by atoms with E-state index in [0.29, 0.717) is 12.4 Å². The molecule has 1 aromatic carbocycles. The summed E-state index contributed by atoms with van der Waals surface area (Å²) in [4.78, 5) is 24.2. The molecule has 0 fully saturated rings. The van der Waals surface area contributed by atoms with Gasteiger partial charge < -0.3 is 14.8 Å². The second kappa shape index (κ2) is 9.24. The van der Waals surface area contributed by atoms with Gasteiger partial charge >= 0.3 is 5.97 Å². The first-order valence-electron chi connectivity index (χ1n) is 7.43. The highest BCUT2D eigenvalue weighted by Crippen LogP contribution is 2.18. The average Bonchev–Trinajstić information content (AvgIpc) is 2.51. The number of hydrogen-bond donors (Lipinski definition) is 2. The smallest absolute Gasteiger partial charge is 0.329 e. The third-order valence-corrected chi connectivity index (χ3v) is 3.60.